The van der Waals surface area contributed by atoms with E-state index in [4.69, 9.17) is 9.84 Å². The summed E-state index contributed by atoms with van der Waals surface area (Å²) in [6.07, 6.45) is 6.43. The minimum Gasteiger partial charge on any atom is -0.492 e. The first-order chi connectivity index (χ1) is 15.3. The molecule has 1 saturated carbocycles. The Bertz CT molecular complexity index is 1140. The third-order valence-electron chi connectivity index (χ3n) is 7.36. The average Bonchev–Trinajstić information content (AvgIpc) is 3.30. The van der Waals surface area contributed by atoms with Crippen molar-refractivity contribution in [2.24, 2.45) is 5.92 Å². The summed E-state index contributed by atoms with van der Waals surface area (Å²) in [5.74, 6) is 0.511. The van der Waals surface area contributed by atoms with Crippen LogP contribution in [0.25, 0.3) is 11.1 Å². The Morgan fingerprint density at radius 2 is 1.79 bits per heavy atom. The number of hydrogen-bond acceptors (Lipinski definition) is 2. The monoisotopic (exact) mass is 444 g/mol. The maximum atomic E-state index is 10.9. The van der Waals surface area contributed by atoms with E-state index in [1.54, 1.807) is 0 Å². The third kappa shape index (κ3) is 4.51. The van der Waals surface area contributed by atoms with E-state index in [9.17, 15) is 4.79 Å². The number of fused-ring (bicyclic) bond motifs is 1. The summed E-state index contributed by atoms with van der Waals surface area (Å²) < 4.78 is 6.25. The molecule has 0 saturated heterocycles. The van der Waals surface area contributed by atoms with Crippen LogP contribution in [0.15, 0.2) is 60.2 Å². The lowest BCUT2D eigenvalue weighted by Gasteiger charge is -2.21. The van der Waals surface area contributed by atoms with Crippen molar-refractivity contribution in [3.8, 4) is 16.9 Å². The molecule has 3 nitrogen and oxygen atoms in total. The van der Waals surface area contributed by atoms with Gasteiger partial charge in [-0.3, -0.25) is 0 Å². The highest BCUT2D eigenvalue weighted by molar-refractivity contribution is 5.81. The molecule has 2 atom stereocenters. The van der Waals surface area contributed by atoms with Gasteiger partial charge in [-0.1, -0.05) is 84.0 Å². The van der Waals surface area contributed by atoms with Crippen LogP contribution in [0.2, 0.25) is 0 Å². The minimum absolute atomic E-state index is 0.0250. The molecule has 33 heavy (non-hydrogen) atoms. The maximum absolute atomic E-state index is 10.9. The molecule has 1 heterocycles. The summed E-state index contributed by atoms with van der Waals surface area (Å²) in [6.45, 7) is 16.1. The largest absolute Gasteiger partial charge is 0.492 e. The normalized spacial score (nSPS) is 24.0. The standard InChI is InChI=1S/C30H36O3/c1-19(14-26(31)32)8-11-22-17-30(22,7)23-15-24(27-25(16-23)29(5,6)18-33-27)20-9-12-21(13-10-20)28(2,3)4/h8-16,22H,17-18H2,1-7H3,(H,31,32)/t22-,30+/m1/s1. The summed E-state index contributed by atoms with van der Waals surface area (Å²) in [7, 11) is 0. The van der Waals surface area contributed by atoms with Crippen molar-refractivity contribution in [1.82, 2.24) is 0 Å². The first-order valence-corrected chi connectivity index (χ1v) is 11.8. The molecule has 1 N–H and O–H groups in total. The van der Waals surface area contributed by atoms with Crippen molar-refractivity contribution in [2.75, 3.05) is 6.61 Å². The predicted octanol–water partition coefficient (Wildman–Crippen LogP) is 7.19. The van der Waals surface area contributed by atoms with Gasteiger partial charge in [0.15, 0.2) is 0 Å². The molecule has 0 bridgehead atoms. The van der Waals surface area contributed by atoms with Crippen LogP contribution in [0.5, 0.6) is 5.75 Å². The zero-order chi connectivity index (χ0) is 24.2. The van der Waals surface area contributed by atoms with E-state index in [2.05, 4.69) is 84.0 Å². The molecule has 3 heteroatoms. The fourth-order valence-electron chi connectivity index (χ4n) is 4.83. The summed E-state index contributed by atoms with van der Waals surface area (Å²) in [6, 6.07) is 13.6. The molecule has 0 radical (unpaired) electrons. The van der Waals surface area contributed by atoms with Crippen LogP contribution in [-0.4, -0.2) is 17.7 Å². The second kappa shape index (κ2) is 7.90. The molecule has 0 unspecified atom stereocenters. The van der Waals surface area contributed by atoms with E-state index in [0.717, 1.165) is 17.7 Å². The second-order valence-electron chi connectivity index (χ2n) is 11.7. The van der Waals surface area contributed by atoms with Crippen molar-refractivity contribution in [3.05, 3.63) is 76.9 Å². The lowest BCUT2D eigenvalue weighted by atomic mass is 9.81. The highest BCUT2D eigenvalue weighted by atomic mass is 16.5. The van der Waals surface area contributed by atoms with Crippen LogP contribution in [0, 0.1) is 5.92 Å². The van der Waals surface area contributed by atoms with Crippen LogP contribution in [0.3, 0.4) is 0 Å². The van der Waals surface area contributed by atoms with Crippen molar-refractivity contribution >= 4 is 5.97 Å². The molecule has 174 valence electrons. The summed E-state index contributed by atoms with van der Waals surface area (Å²) >= 11 is 0. The Labute approximate surface area is 198 Å². The second-order valence-corrected chi connectivity index (χ2v) is 11.7. The minimum atomic E-state index is -0.904. The lowest BCUT2D eigenvalue weighted by molar-refractivity contribution is -0.131. The summed E-state index contributed by atoms with van der Waals surface area (Å²) in [4.78, 5) is 10.9. The van der Waals surface area contributed by atoms with Gasteiger partial charge in [-0.05, 0) is 58.4 Å². The van der Waals surface area contributed by atoms with E-state index < -0.39 is 5.97 Å². The number of rotatable bonds is 5. The molecule has 0 amide bonds. The van der Waals surface area contributed by atoms with Gasteiger partial charge >= 0.3 is 5.97 Å². The number of benzene rings is 2. The molecule has 1 aliphatic heterocycles. The highest BCUT2D eigenvalue weighted by Gasteiger charge is 2.50. The quantitative estimate of drug-likeness (QED) is 0.392. The Balaban J connectivity index is 1.73. The number of carbonyl (C=O) groups is 1. The van der Waals surface area contributed by atoms with Gasteiger partial charge in [-0.25, -0.2) is 4.79 Å². The zero-order valence-corrected chi connectivity index (χ0v) is 21.0. The molecular formula is C30H36O3. The maximum Gasteiger partial charge on any atom is 0.328 e. The van der Waals surface area contributed by atoms with Crippen LogP contribution in [-0.2, 0) is 21.0 Å². The molecule has 1 aliphatic carbocycles. The van der Waals surface area contributed by atoms with Crippen LogP contribution in [0.1, 0.15) is 71.6 Å². The Morgan fingerprint density at radius 1 is 1.12 bits per heavy atom. The van der Waals surface area contributed by atoms with Gasteiger partial charge in [0.25, 0.3) is 0 Å². The van der Waals surface area contributed by atoms with Gasteiger partial charge in [0.2, 0.25) is 0 Å². The first kappa shape index (κ1) is 23.4. The number of hydrogen-bond donors (Lipinski definition) is 1. The van der Waals surface area contributed by atoms with E-state index in [-0.39, 0.29) is 16.2 Å². The van der Waals surface area contributed by atoms with Crippen molar-refractivity contribution < 1.29 is 14.6 Å². The predicted molar refractivity (Wildman–Crippen MR) is 135 cm³/mol. The van der Waals surface area contributed by atoms with Crippen LogP contribution < -0.4 is 4.74 Å². The van der Waals surface area contributed by atoms with E-state index in [0.29, 0.717) is 12.5 Å². The summed E-state index contributed by atoms with van der Waals surface area (Å²) in [5, 5.41) is 8.96. The Kier molecular flexibility index (Phi) is 5.59. The SMILES string of the molecule is CC(C=C[C@@H]1C[C@]1(C)c1cc(-c2ccc(C(C)(C)C)cc2)c2c(c1)C(C)(C)CO2)=CC(=O)O. The van der Waals surface area contributed by atoms with E-state index >= 15 is 0 Å². The van der Waals surface area contributed by atoms with Crippen LogP contribution >= 0.6 is 0 Å². The number of allylic oxidation sites excluding steroid dienone is 3. The van der Waals surface area contributed by atoms with Crippen molar-refractivity contribution in [1.29, 1.82) is 0 Å². The van der Waals surface area contributed by atoms with E-state index in [1.807, 2.05) is 13.0 Å². The highest BCUT2D eigenvalue weighted by Crippen LogP contribution is 2.57. The lowest BCUT2D eigenvalue weighted by Crippen LogP contribution is -2.18. The number of carboxylic acids is 1. The smallest absolute Gasteiger partial charge is 0.328 e. The number of aliphatic carboxylic acids is 1. The average molecular weight is 445 g/mol. The summed E-state index contributed by atoms with van der Waals surface area (Å²) in [5.41, 5.74) is 7.22. The van der Waals surface area contributed by atoms with Gasteiger partial charge < -0.3 is 9.84 Å². The van der Waals surface area contributed by atoms with Gasteiger partial charge in [0.05, 0.1) is 6.61 Å². The molecule has 1 fully saturated rings. The first-order valence-electron chi connectivity index (χ1n) is 11.8. The van der Waals surface area contributed by atoms with Crippen LogP contribution in [0.4, 0.5) is 0 Å². The number of carboxylic acid groups (broad SMARTS) is 1. The molecule has 0 spiro atoms. The molecule has 4 rings (SSSR count). The van der Waals surface area contributed by atoms with Crippen molar-refractivity contribution in [2.45, 2.75) is 71.1 Å². The third-order valence-corrected chi connectivity index (χ3v) is 7.36. The van der Waals surface area contributed by atoms with E-state index in [1.165, 1.54) is 33.9 Å². The molecule has 2 aromatic rings. The Hall–Kier alpha value is -2.81. The van der Waals surface area contributed by atoms with Gasteiger partial charge in [-0.2, -0.15) is 0 Å². The van der Waals surface area contributed by atoms with Crippen molar-refractivity contribution in [3.63, 3.8) is 0 Å². The van der Waals surface area contributed by atoms with Gasteiger partial charge in [-0.15, -0.1) is 0 Å². The molecular weight excluding hydrogens is 408 g/mol. The molecule has 2 aromatic carbocycles. The Morgan fingerprint density at radius 3 is 2.39 bits per heavy atom. The fourth-order valence-corrected chi connectivity index (χ4v) is 4.83. The topological polar surface area (TPSA) is 46.5 Å². The molecule has 0 aromatic heterocycles. The molecule has 2 aliphatic rings. The zero-order valence-electron chi connectivity index (χ0n) is 21.0. The number of ether oxygens (including phenoxy) is 1. The van der Waals surface area contributed by atoms with Gasteiger partial charge in [0, 0.05) is 22.6 Å². The van der Waals surface area contributed by atoms with Gasteiger partial charge in [0.1, 0.15) is 5.75 Å². The fraction of sp³-hybridized carbons (Fsp3) is 0.433.